The largest absolute Gasteiger partial charge is 0.497 e. The van der Waals surface area contributed by atoms with Gasteiger partial charge in [0.25, 0.3) is 0 Å². The molecule has 1 atom stereocenters. The Labute approximate surface area is 105 Å². The molecule has 4 heteroatoms. The molecule has 0 bridgehead atoms. The molecule has 0 fully saturated rings. The number of aliphatic hydroxyl groups excluding tert-OH is 1. The lowest BCUT2D eigenvalue weighted by Gasteiger charge is -2.12. The Morgan fingerprint density at radius 3 is 2.15 bits per heavy atom. The summed E-state index contributed by atoms with van der Waals surface area (Å²) in [6.45, 7) is 0. The number of hydrogen-bond donors (Lipinski definition) is 1. The third-order valence-corrected chi connectivity index (χ3v) is 3.06. The van der Waals surface area contributed by atoms with Gasteiger partial charge < -0.3 is 9.84 Å². The van der Waals surface area contributed by atoms with Gasteiger partial charge in [0.2, 0.25) is 0 Å². The minimum atomic E-state index is -0.410. The van der Waals surface area contributed by atoms with Crippen molar-refractivity contribution < 1.29 is 9.84 Å². The maximum atomic E-state index is 9.71. The zero-order valence-electron chi connectivity index (χ0n) is 7.08. The van der Waals surface area contributed by atoms with Crippen molar-refractivity contribution in [2.75, 3.05) is 7.11 Å². The van der Waals surface area contributed by atoms with Crippen molar-refractivity contribution >= 4 is 45.2 Å². The molecular weight excluding hydrogens is 394 g/mol. The molecule has 0 aromatic heterocycles. The van der Waals surface area contributed by atoms with Crippen LogP contribution in [0, 0.1) is 0 Å². The third kappa shape index (κ3) is 3.25. The Kier molecular flexibility index (Phi) is 4.74. The molecule has 0 spiro atoms. The van der Waals surface area contributed by atoms with E-state index in [0.717, 1.165) is 11.3 Å². The quantitative estimate of drug-likeness (QED) is 0.621. The number of hydrogen-bond acceptors (Lipinski definition) is 2. The minimum Gasteiger partial charge on any atom is -0.497 e. The maximum Gasteiger partial charge on any atom is 0.118 e. The number of methoxy groups -OCH3 is 1. The number of rotatable bonds is 3. The van der Waals surface area contributed by atoms with Crippen molar-refractivity contribution in [3.8, 4) is 5.75 Å². The van der Waals surface area contributed by atoms with Crippen LogP contribution < -0.4 is 4.74 Å². The van der Waals surface area contributed by atoms with E-state index >= 15 is 0 Å². The first-order chi connectivity index (χ1) is 6.15. The van der Waals surface area contributed by atoms with Crippen LogP contribution in [0.3, 0.4) is 0 Å². The Balaban J connectivity index is 2.79. The predicted octanol–water partition coefficient (Wildman–Crippen LogP) is 2.92. The lowest BCUT2D eigenvalue weighted by Crippen LogP contribution is -2.04. The standard InChI is InChI=1S/C9H10I2O2/c1-13-7-4-2-6(3-5-7)8(12)9(10)11/h2-5,8-9,12H,1H3. The zero-order chi connectivity index (χ0) is 9.84. The Bertz CT molecular complexity index is 259. The molecule has 1 unspecified atom stereocenters. The molecule has 0 aliphatic rings. The van der Waals surface area contributed by atoms with Gasteiger partial charge in [-0.3, -0.25) is 0 Å². The van der Waals surface area contributed by atoms with Crippen LogP contribution in [0.15, 0.2) is 24.3 Å². The fourth-order valence-electron chi connectivity index (χ4n) is 0.947. The highest BCUT2D eigenvalue weighted by Crippen LogP contribution is 2.28. The first-order valence-electron chi connectivity index (χ1n) is 3.75. The number of halogens is 2. The van der Waals surface area contributed by atoms with Crippen molar-refractivity contribution in [3.63, 3.8) is 0 Å². The van der Waals surface area contributed by atoms with Crippen molar-refractivity contribution in [3.05, 3.63) is 29.8 Å². The van der Waals surface area contributed by atoms with Gasteiger partial charge in [0.1, 0.15) is 5.75 Å². The first kappa shape index (κ1) is 11.5. The van der Waals surface area contributed by atoms with Crippen LogP contribution in [0.25, 0.3) is 0 Å². The predicted molar refractivity (Wildman–Crippen MR) is 69.8 cm³/mol. The van der Waals surface area contributed by atoms with Crippen LogP contribution in [0.4, 0.5) is 0 Å². The normalized spacial score (nSPS) is 13.0. The highest BCUT2D eigenvalue weighted by Gasteiger charge is 2.13. The lowest BCUT2D eigenvalue weighted by molar-refractivity contribution is 0.203. The minimum absolute atomic E-state index is 0.184. The molecule has 0 radical (unpaired) electrons. The topological polar surface area (TPSA) is 29.5 Å². The molecule has 1 N–H and O–H groups in total. The summed E-state index contributed by atoms with van der Waals surface area (Å²) in [7, 11) is 1.63. The van der Waals surface area contributed by atoms with Gasteiger partial charge in [-0.05, 0) is 17.7 Å². The number of aliphatic hydroxyl groups is 1. The fourth-order valence-corrected chi connectivity index (χ4v) is 1.78. The molecular formula is C9H10I2O2. The Morgan fingerprint density at radius 2 is 1.77 bits per heavy atom. The number of ether oxygens (including phenoxy) is 1. The molecule has 13 heavy (non-hydrogen) atoms. The first-order valence-corrected chi connectivity index (χ1v) is 6.24. The third-order valence-electron chi connectivity index (χ3n) is 1.70. The average molecular weight is 404 g/mol. The fraction of sp³-hybridized carbons (Fsp3) is 0.333. The molecule has 1 aromatic rings. The molecule has 0 saturated heterocycles. The van der Waals surface area contributed by atoms with E-state index in [-0.39, 0.29) is 1.93 Å². The maximum absolute atomic E-state index is 9.71. The molecule has 0 aliphatic carbocycles. The number of benzene rings is 1. The van der Waals surface area contributed by atoms with Crippen LogP contribution in [-0.2, 0) is 0 Å². The monoisotopic (exact) mass is 404 g/mol. The van der Waals surface area contributed by atoms with Gasteiger partial charge in [-0.15, -0.1) is 0 Å². The molecule has 72 valence electrons. The van der Waals surface area contributed by atoms with Crippen molar-refractivity contribution in [2.24, 2.45) is 0 Å². The molecule has 0 saturated carbocycles. The Morgan fingerprint density at radius 1 is 1.23 bits per heavy atom. The Hall–Kier alpha value is 0.440. The van der Waals surface area contributed by atoms with Gasteiger partial charge in [-0.25, -0.2) is 0 Å². The second-order valence-corrected chi connectivity index (χ2v) is 7.62. The smallest absolute Gasteiger partial charge is 0.118 e. The van der Waals surface area contributed by atoms with Gasteiger partial charge in [0, 0.05) is 0 Å². The van der Waals surface area contributed by atoms with E-state index in [9.17, 15) is 5.11 Å². The summed E-state index contributed by atoms with van der Waals surface area (Å²) in [5.41, 5.74) is 0.926. The summed E-state index contributed by atoms with van der Waals surface area (Å²) in [6.07, 6.45) is -0.410. The highest BCUT2D eigenvalue weighted by molar-refractivity contribution is 14.2. The van der Waals surface area contributed by atoms with Crippen molar-refractivity contribution in [2.45, 2.75) is 8.04 Å². The molecule has 1 rings (SSSR count). The summed E-state index contributed by atoms with van der Waals surface area (Å²) in [5, 5.41) is 9.71. The molecule has 0 heterocycles. The second-order valence-electron chi connectivity index (χ2n) is 2.55. The van der Waals surface area contributed by atoms with E-state index in [2.05, 4.69) is 45.2 Å². The van der Waals surface area contributed by atoms with Crippen LogP contribution in [-0.4, -0.2) is 14.1 Å². The molecule has 2 nitrogen and oxygen atoms in total. The molecule has 0 amide bonds. The van der Waals surface area contributed by atoms with Crippen molar-refractivity contribution in [1.82, 2.24) is 0 Å². The SMILES string of the molecule is COc1ccc(C(O)C(I)I)cc1. The number of alkyl halides is 2. The zero-order valence-corrected chi connectivity index (χ0v) is 11.4. The van der Waals surface area contributed by atoms with E-state index in [1.165, 1.54) is 0 Å². The molecule has 1 aromatic carbocycles. The van der Waals surface area contributed by atoms with Gasteiger partial charge in [0.05, 0.1) is 15.1 Å². The van der Waals surface area contributed by atoms with E-state index in [1.807, 2.05) is 24.3 Å². The van der Waals surface area contributed by atoms with E-state index in [1.54, 1.807) is 7.11 Å². The summed E-state index contributed by atoms with van der Waals surface area (Å²) >= 11 is 4.39. The van der Waals surface area contributed by atoms with Crippen LogP contribution >= 0.6 is 45.2 Å². The molecule has 0 aliphatic heterocycles. The second kappa shape index (κ2) is 5.35. The van der Waals surface area contributed by atoms with Gasteiger partial charge in [-0.2, -0.15) is 0 Å². The summed E-state index contributed by atoms with van der Waals surface area (Å²) in [4.78, 5) is 0. The van der Waals surface area contributed by atoms with E-state index in [0.29, 0.717) is 0 Å². The van der Waals surface area contributed by atoms with Crippen LogP contribution in [0.2, 0.25) is 0 Å². The average Bonchev–Trinajstić information content (AvgIpc) is 2.17. The van der Waals surface area contributed by atoms with Crippen LogP contribution in [0.1, 0.15) is 11.7 Å². The van der Waals surface area contributed by atoms with E-state index < -0.39 is 6.10 Å². The van der Waals surface area contributed by atoms with Gasteiger partial charge >= 0.3 is 0 Å². The highest BCUT2D eigenvalue weighted by atomic mass is 127. The summed E-state index contributed by atoms with van der Waals surface area (Å²) < 4.78 is 5.21. The summed E-state index contributed by atoms with van der Waals surface area (Å²) in [6, 6.07) is 7.48. The van der Waals surface area contributed by atoms with Gasteiger partial charge in [-0.1, -0.05) is 57.3 Å². The lowest BCUT2D eigenvalue weighted by atomic mass is 10.1. The summed E-state index contributed by atoms with van der Waals surface area (Å²) in [5.74, 6) is 0.814. The van der Waals surface area contributed by atoms with Crippen LogP contribution in [0.5, 0.6) is 5.75 Å². The van der Waals surface area contributed by atoms with Crippen molar-refractivity contribution in [1.29, 1.82) is 0 Å². The van der Waals surface area contributed by atoms with Gasteiger partial charge in [0.15, 0.2) is 0 Å². The van der Waals surface area contributed by atoms with E-state index in [4.69, 9.17) is 4.74 Å².